The van der Waals surface area contributed by atoms with Crippen molar-refractivity contribution in [2.75, 3.05) is 52.4 Å². The predicted molar refractivity (Wildman–Crippen MR) is 129 cm³/mol. The number of ether oxygens (including phenoxy) is 3. The first kappa shape index (κ1) is 23.8. The van der Waals surface area contributed by atoms with Crippen molar-refractivity contribution in [3.05, 3.63) is 54.1 Å². The number of hydrogen-bond acceptors (Lipinski definition) is 8. The van der Waals surface area contributed by atoms with Gasteiger partial charge in [0.1, 0.15) is 5.75 Å². The van der Waals surface area contributed by atoms with E-state index in [4.69, 9.17) is 14.2 Å². The molecule has 0 radical (unpaired) electrons. The molecule has 10 heteroatoms. The Morgan fingerprint density at radius 2 is 1.44 bits per heavy atom. The summed E-state index contributed by atoms with van der Waals surface area (Å²) in [5, 5.41) is 8.74. The lowest BCUT2D eigenvalue weighted by Gasteiger charge is -2.34. The second-order valence-electron chi connectivity index (χ2n) is 7.87. The minimum absolute atomic E-state index is 0.276. The van der Waals surface area contributed by atoms with Crippen LogP contribution in [0.25, 0.3) is 11.3 Å². The largest absolute Gasteiger partial charge is 0.496 e. The van der Waals surface area contributed by atoms with Crippen molar-refractivity contribution in [3.8, 4) is 28.5 Å². The van der Waals surface area contributed by atoms with E-state index in [1.54, 1.807) is 39.5 Å². The molecule has 4 rings (SSSR count). The van der Waals surface area contributed by atoms with Gasteiger partial charge in [0.2, 0.25) is 10.0 Å². The van der Waals surface area contributed by atoms with Crippen molar-refractivity contribution in [1.29, 1.82) is 0 Å². The summed E-state index contributed by atoms with van der Waals surface area (Å²) >= 11 is 0. The van der Waals surface area contributed by atoms with Crippen LogP contribution >= 0.6 is 0 Å². The van der Waals surface area contributed by atoms with E-state index in [9.17, 15) is 8.42 Å². The van der Waals surface area contributed by atoms with Gasteiger partial charge < -0.3 is 19.1 Å². The highest BCUT2D eigenvalue weighted by Gasteiger charge is 2.29. The first-order valence-electron chi connectivity index (χ1n) is 10.8. The van der Waals surface area contributed by atoms with E-state index < -0.39 is 10.0 Å². The molecule has 0 aliphatic carbocycles. The van der Waals surface area contributed by atoms with Gasteiger partial charge in [0.25, 0.3) is 0 Å². The molecule has 3 aromatic rings. The van der Waals surface area contributed by atoms with Gasteiger partial charge in [0.15, 0.2) is 17.3 Å². The number of aryl methyl sites for hydroxylation is 1. The zero-order valence-electron chi connectivity index (χ0n) is 19.7. The maximum Gasteiger partial charge on any atom is 0.243 e. The van der Waals surface area contributed by atoms with Crippen LogP contribution in [-0.2, 0) is 10.0 Å². The third kappa shape index (κ3) is 4.64. The summed E-state index contributed by atoms with van der Waals surface area (Å²) in [5.41, 5.74) is 2.36. The van der Waals surface area contributed by atoms with E-state index in [1.165, 1.54) is 4.31 Å². The van der Waals surface area contributed by atoms with E-state index in [0.29, 0.717) is 54.9 Å². The number of aromatic nitrogens is 2. The molecule has 0 amide bonds. The first-order valence-corrected chi connectivity index (χ1v) is 12.3. The van der Waals surface area contributed by atoms with Gasteiger partial charge in [-0.05, 0) is 61.0 Å². The third-order valence-corrected chi connectivity index (χ3v) is 7.79. The fourth-order valence-corrected chi connectivity index (χ4v) is 5.47. The van der Waals surface area contributed by atoms with Gasteiger partial charge >= 0.3 is 0 Å². The molecular weight excluding hydrogens is 456 g/mol. The Morgan fingerprint density at radius 3 is 2.03 bits per heavy atom. The lowest BCUT2D eigenvalue weighted by Crippen LogP contribution is -2.49. The maximum absolute atomic E-state index is 13.1. The van der Waals surface area contributed by atoms with Gasteiger partial charge in [-0.1, -0.05) is 0 Å². The van der Waals surface area contributed by atoms with Crippen LogP contribution in [0, 0.1) is 6.92 Å². The van der Waals surface area contributed by atoms with Gasteiger partial charge in [0.05, 0.1) is 31.9 Å². The minimum Gasteiger partial charge on any atom is -0.496 e. The molecule has 0 bridgehead atoms. The van der Waals surface area contributed by atoms with Crippen molar-refractivity contribution < 1.29 is 22.6 Å². The zero-order chi connectivity index (χ0) is 24.3. The molecule has 34 heavy (non-hydrogen) atoms. The van der Waals surface area contributed by atoms with Gasteiger partial charge in [-0.2, -0.15) is 4.31 Å². The molecule has 180 valence electrons. The normalized spacial score (nSPS) is 14.6. The lowest BCUT2D eigenvalue weighted by atomic mass is 10.1. The molecule has 0 atom stereocenters. The molecule has 2 heterocycles. The molecule has 1 aromatic heterocycles. The number of rotatable bonds is 7. The molecule has 0 unspecified atom stereocenters. The van der Waals surface area contributed by atoms with Crippen LogP contribution in [0.2, 0.25) is 0 Å². The highest BCUT2D eigenvalue weighted by molar-refractivity contribution is 7.89. The van der Waals surface area contributed by atoms with Gasteiger partial charge in [-0.3, -0.25) is 0 Å². The van der Waals surface area contributed by atoms with Gasteiger partial charge in [-0.15, -0.1) is 10.2 Å². The summed E-state index contributed by atoms with van der Waals surface area (Å²) in [5.74, 6) is 2.64. The van der Waals surface area contributed by atoms with Crippen LogP contribution in [0.5, 0.6) is 17.2 Å². The van der Waals surface area contributed by atoms with Crippen LogP contribution < -0.4 is 19.1 Å². The Morgan fingerprint density at radius 1 is 0.765 bits per heavy atom. The molecule has 2 aromatic carbocycles. The highest BCUT2D eigenvalue weighted by Crippen LogP contribution is 2.32. The smallest absolute Gasteiger partial charge is 0.243 e. The number of anilines is 1. The third-order valence-electron chi connectivity index (χ3n) is 5.90. The Labute approximate surface area is 199 Å². The summed E-state index contributed by atoms with van der Waals surface area (Å²) < 4.78 is 43.6. The molecule has 1 fully saturated rings. The number of benzene rings is 2. The second kappa shape index (κ2) is 9.86. The first-order chi connectivity index (χ1) is 16.4. The van der Waals surface area contributed by atoms with Crippen LogP contribution in [-0.4, -0.2) is 70.4 Å². The highest BCUT2D eigenvalue weighted by atomic mass is 32.2. The summed E-state index contributed by atoms with van der Waals surface area (Å²) in [6, 6.07) is 14.3. The number of methoxy groups -OCH3 is 3. The average Bonchev–Trinajstić information content (AvgIpc) is 2.88. The molecule has 9 nitrogen and oxygen atoms in total. The SMILES string of the molecule is COc1ccc(S(=O)(=O)N2CCN(c3ccc(-c4ccc(OC)c(OC)c4)nn3)CC2)cc1C. The Kier molecular flexibility index (Phi) is 6.90. The number of piperazine rings is 1. The van der Waals surface area contributed by atoms with Gasteiger partial charge in [-0.25, -0.2) is 8.42 Å². The zero-order valence-corrected chi connectivity index (χ0v) is 20.5. The van der Waals surface area contributed by atoms with E-state index in [2.05, 4.69) is 10.2 Å². The second-order valence-corrected chi connectivity index (χ2v) is 9.81. The van der Waals surface area contributed by atoms with Crippen LogP contribution in [0.15, 0.2) is 53.4 Å². The van der Waals surface area contributed by atoms with Crippen molar-refractivity contribution in [2.24, 2.45) is 0 Å². The number of hydrogen-bond donors (Lipinski definition) is 0. The fourth-order valence-electron chi connectivity index (χ4n) is 3.96. The molecule has 0 spiro atoms. The lowest BCUT2D eigenvalue weighted by molar-refractivity contribution is 0.355. The molecule has 1 aliphatic heterocycles. The van der Waals surface area contributed by atoms with Crippen LogP contribution in [0.4, 0.5) is 5.82 Å². The quantitative estimate of drug-likeness (QED) is 0.505. The molecule has 0 N–H and O–H groups in total. The van der Waals surface area contributed by atoms with E-state index >= 15 is 0 Å². The molecule has 1 saturated heterocycles. The van der Waals surface area contributed by atoms with Crippen molar-refractivity contribution in [2.45, 2.75) is 11.8 Å². The van der Waals surface area contributed by atoms with Crippen molar-refractivity contribution in [3.63, 3.8) is 0 Å². The standard InChI is InChI=1S/C24H28N4O5S/c1-17-15-19(6-9-21(17)31-2)34(29,30)28-13-11-27(12-14-28)24-10-7-20(25-26-24)18-5-8-22(32-3)23(16-18)33-4/h5-10,15-16H,11-14H2,1-4H3. The van der Waals surface area contributed by atoms with E-state index in [-0.39, 0.29) is 4.90 Å². The summed E-state index contributed by atoms with van der Waals surface area (Å²) in [6.07, 6.45) is 0. The van der Waals surface area contributed by atoms with E-state index in [0.717, 1.165) is 11.1 Å². The summed E-state index contributed by atoms with van der Waals surface area (Å²) in [7, 11) is 1.17. The monoisotopic (exact) mass is 484 g/mol. The van der Waals surface area contributed by atoms with Crippen molar-refractivity contribution in [1.82, 2.24) is 14.5 Å². The topological polar surface area (TPSA) is 94.1 Å². The summed E-state index contributed by atoms with van der Waals surface area (Å²) in [4.78, 5) is 2.31. The average molecular weight is 485 g/mol. The summed E-state index contributed by atoms with van der Waals surface area (Å²) in [6.45, 7) is 3.62. The molecule has 1 aliphatic rings. The van der Waals surface area contributed by atoms with Gasteiger partial charge in [0, 0.05) is 31.7 Å². The number of sulfonamides is 1. The Bertz CT molecular complexity index is 1260. The molecular formula is C24H28N4O5S. The molecule has 0 saturated carbocycles. The Balaban J connectivity index is 1.44. The van der Waals surface area contributed by atoms with Crippen molar-refractivity contribution >= 4 is 15.8 Å². The van der Waals surface area contributed by atoms with Crippen LogP contribution in [0.3, 0.4) is 0 Å². The fraction of sp³-hybridized carbons (Fsp3) is 0.333. The predicted octanol–water partition coefficient (Wildman–Crippen LogP) is 2.99. The van der Waals surface area contributed by atoms with Crippen LogP contribution in [0.1, 0.15) is 5.56 Å². The maximum atomic E-state index is 13.1. The minimum atomic E-state index is -3.58. The van der Waals surface area contributed by atoms with E-state index in [1.807, 2.05) is 42.2 Å². The number of nitrogens with zero attached hydrogens (tertiary/aromatic N) is 4. The Hall–Kier alpha value is -3.37.